The van der Waals surface area contributed by atoms with Gasteiger partial charge >= 0.3 is 0 Å². The maximum Gasteiger partial charge on any atom is 0.0542 e. The second-order valence-corrected chi connectivity index (χ2v) is 37.0. The van der Waals surface area contributed by atoms with Crippen LogP contribution in [0.3, 0.4) is 0 Å². The van der Waals surface area contributed by atoms with Crippen LogP contribution in [0, 0.1) is 0 Å². The summed E-state index contributed by atoms with van der Waals surface area (Å²) in [6.45, 7) is 20.9. The van der Waals surface area contributed by atoms with E-state index in [0.717, 1.165) is 150 Å². The van der Waals surface area contributed by atoms with Crippen molar-refractivity contribution >= 4 is 149 Å². The Kier molecular flexibility index (Phi) is 18.5. The summed E-state index contributed by atoms with van der Waals surface area (Å²) in [6, 6.07) is 157. The van der Waals surface area contributed by atoms with E-state index in [-0.39, 0.29) is 16.2 Å². The van der Waals surface area contributed by atoms with E-state index < -0.39 is 0 Å². The number of hydrogen-bond donors (Lipinski definition) is 0. The van der Waals surface area contributed by atoms with Crippen molar-refractivity contribution in [3.8, 4) is 50.4 Å². The zero-order chi connectivity index (χ0) is 85.3. The molecule has 3 aromatic heterocycles. The van der Waals surface area contributed by atoms with Gasteiger partial charge in [0.15, 0.2) is 0 Å². The van der Waals surface area contributed by atoms with Gasteiger partial charge in [-0.1, -0.05) is 317 Å². The van der Waals surface area contributed by atoms with Gasteiger partial charge in [-0.2, -0.15) is 0 Å². The third-order valence-corrected chi connectivity index (χ3v) is 26.0. The SMILES string of the molecule is CC(C)(C)c1ccc2c(c1)c1cc(N(c3cc(N(c4ccc5c(c4)c4cc(C(C)(C)C)ccc4n5-c4ccc(-c5ccccc5)cc4)c4cccc5ccccc45)cc(N(c4ccc5c(c4)c4cc(C(C)(C)C)ccc4n5-c4ccc(-c5ccccc5)cc4)c4cccc5ccccc45)c3)c3cccc4ccccc34)ccc1n2-c1ccc(-c2ccccc2)cc1. The normalized spacial score (nSPS) is 12.2. The summed E-state index contributed by atoms with van der Waals surface area (Å²) in [6.07, 6.45) is 0. The first-order chi connectivity index (χ1) is 61.4. The van der Waals surface area contributed by atoms with Gasteiger partial charge in [0.2, 0.25) is 0 Å². The molecule has 3 heterocycles. The van der Waals surface area contributed by atoms with Crippen molar-refractivity contribution in [1.29, 1.82) is 0 Å². The summed E-state index contributed by atoms with van der Waals surface area (Å²) in [4.78, 5) is 7.68. The highest BCUT2D eigenvalue weighted by molar-refractivity contribution is 6.16. The Morgan fingerprint density at radius 2 is 0.389 bits per heavy atom. The summed E-state index contributed by atoms with van der Waals surface area (Å²) < 4.78 is 7.42. The number of hydrogen-bond acceptors (Lipinski definition) is 3. The third kappa shape index (κ3) is 13.5. The second kappa shape index (κ2) is 30.4. The van der Waals surface area contributed by atoms with Crippen LogP contribution in [0.15, 0.2) is 419 Å². The van der Waals surface area contributed by atoms with E-state index in [4.69, 9.17) is 0 Å². The van der Waals surface area contributed by atoms with Crippen LogP contribution in [0.4, 0.5) is 51.2 Å². The molecule has 6 nitrogen and oxygen atoms in total. The monoisotopic (exact) mass is 1620 g/mol. The van der Waals surface area contributed by atoms with Crippen LogP contribution in [0.5, 0.6) is 0 Å². The third-order valence-electron chi connectivity index (χ3n) is 26.0. The Morgan fingerprint density at radius 1 is 0.167 bits per heavy atom. The van der Waals surface area contributed by atoms with Crippen molar-refractivity contribution < 1.29 is 0 Å². The van der Waals surface area contributed by atoms with Crippen LogP contribution in [0.2, 0.25) is 0 Å². The van der Waals surface area contributed by atoms with Crippen molar-refractivity contribution in [2.24, 2.45) is 0 Å². The number of aromatic nitrogens is 3. The Bertz CT molecular complexity index is 7210. The standard InChI is InChI=1S/C120H96N6/c1-118(2,3)88-52-64-112-103(70-88)106-76-94(61-67-115(106)124(112)91-55-46-82(47-56-91)79-28-13-10-14-29-79)121(109-43-25-37-85-34-19-22-40-100(85)109)97-73-98(122(110-44-26-38-86-35-20-23-41-101(86)110)95-62-68-116-107(77-95)104-71-89(119(4,5)6)53-65-113(104)125(116)92-57-48-83(49-58-92)80-30-15-11-16-31-80)75-99(74-97)123(111-45-27-39-87-36-21-24-42-102(87)111)96-63-69-117-108(78-96)105-72-90(120(7,8)9)54-66-114(105)126(117)93-59-50-84(51-60-93)81-32-17-12-18-33-81/h10-78H,1-9H3. The van der Waals surface area contributed by atoms with Gasteiger partial charge in [0, 0.05) is 82.6 Å². The Morgan fingerprint density at radius 3 is 0.651 bits per heavy atom. The Labute approximate surface area is 736 Å². The molecule has 126 heavy (non-hydrogen) atoms. The molecule has 0 saturated carbocycles. The quantitative estimate of drug-likeness (QED) is 0.102. The fraction of sp³-hybridized carbons (Fsp3) is 0.100. The first-order valence-corrected chi connectivity index (χ1v) is 44.1. The van der Waals surface area contributed by atoms with E-state index in [2.05, 4.69) is 509 Å². The molecule has 0 saturated heterocycles. The zero-order valence-corrected chi connectivity index (χ0v) is 72.5. The van der Waals surface area contributed by atoms with Gasteiger partial charge < -0.3 is 28.4 Å². The molecule has 0 atom stereocenters. The summed E-state index contributed by atoms with van der Waals surface area (Å²) >= 11 is 0. The van der Waals surface area contributed by atoms with E-state index in [1.54, 1.807) is 0 Å². The maximum absolute atomic E-state index is 2.56. The van der Waals surface area contributed by atoms with Crippen molar-refractivity contribution in [2.75, 3.05) is 14.7 Å². The lowest BCUT2D eigenvalue weighted by molar-refractivity contribution is 0.591. The Balaban J connectivity index is 0.845. The second-order valence-electron chi connectivity index (χ2n) is 37.0. The van der Waals surface area contributed by atoms with Crippen LogP contribution >= 0.6 is 0 Å². The maximum atomic E-state index is 2.56. The molecule has 0 aliphatic heterocycles. The molecule has 6 heteroatoms. The summed E-state index contributed by atoms with van der Waals surface area (Å²) in [5.74, 6) is 0. The lowest BCUT2D eigenvalue weighted by atomic mass is 9.86. The van der Waals surface area contributed by atoms with E-state index >= 15 is 0 Å². The number of anilines is 9. The molecule has 0 spiro atoms. The van der Waals surface area contributed by atoms with E-state index in [0.29, 0.717) is 0 Å². The topological polar surface area (TPSA) is 24.5 Å². The molecule has 19 aromatic carbocycles. The Hall–Kier alpha value is -15.2. The molecular formula is C120H96N6. The lowest BCUT2D eigenvalue weighted by Gasteiger charge is -2.34. The van der Waals surface area contributed by atoms with Gasteiger partial charge in [-0.3, -0.25) is 0 Å². The molecule has 0 unspecified atom stereocenters. The van der Waals surface area contributed by atoms with Gasteiger partial charge in [0.05, 0.1) is 67.2 Å². The molecule has 0 aliphatic rings. The minimum atomic E-state index is -0.132. The molecule has 606 valence electrons. The van der Waals surface area contributed by atoms with Crippen LogP contribution in [0.1, 0.15) is 79.0 Å². The van der Waals surface area contributed by atoms with E-state index in [1.165, 1.54) is 66.2 Å². The van der Waals surface area contributed by atoms with Gasteiger partial charge in [-0.15, -0.1) is 0 Å². The number of benzene rings is 19. The van der Waals surface area contributed by atoms with E-state index in [1.807, 2.05) is 0 Å². The van der Waals surface area contributed by atoms with Crippen LogP contribution in [0.25, 0.3) is 148 Å². The van der Waals surface area contributed by atoms with Crippen molar-refractivity contribution in [3.63, 3.8) is 0 Å². The number of nitrogens with zero attached hydrogens (tertiary/aromatic N) is 6. The first-order valence-electron chi connectivity index (χ1n) is 44.1. The van der Waals surface area contributed by atoms with Crippen LogP contribution in [-0.2, 0) is 16.2 Å². The first kappa shape index (κ1) is 76.9. The highest BCUT2D eigenvalue weighted by atomic mass is 15.2. The molecular weight excluding hydrogens is 1530 g/mol. The molecule has 22 rings (SSSR count). The molecule has 0 radical (unpaired) electrons. The molecule has 0 aliphatic carbocycles. The summed E-state index contributed by atoms with van der Waals surface area (Å²) in [7, 11) is 0. The fourth-order valence-electron chi connectivity index (χ4n) is 19.4. The van der Waals surface area contributed by atoms with Crippen molar-refractivity contribution in [2.45, 2.75) is 78.6 Å². The number of fused-ring (bicyclic) bond motifs is 12. The minimum absolute atomic E-state index is 0.132. The van der Waals surface area contributed by atoms with Gasteiger partial charge in [-0.05, 0) is 246 Å². The largest absolute Gasteiger partial charge is 0.310 e. The molecule has 22 aromatic rings. The average Bonchev–Trinajstić information content (AvgIpc) is 1.50. The number of rotatable bonds is 15. The molecule has 0 bridgehead atoms. The molecule has 0 fully saturated rings. The highest BCUT2D eigenvalue weighted by Gasteiger charge is 2.30. The smallest absolute Gasteiger partial charge is 0.0542 e. The van der Waals surface area contributed by atoms with Gasteiger partial charge in [0.25, 0.3) is 0 Å². The van der Waals surface area contributed by atoms with Crippen molar-refractivity contribution in [3.05, 3.63) is 435 Å². The van der Waals surface area contributed by atoms with E-state index in [9.17, 15) is 0 Å². The minimum Gasteiger partial charge on any atom is -0.310 e. The average molecular weight is 1620 g/mol. The summed E-state index contributed by atoms with van der Waals surface area (Å²) in [5.41, 5.74) is 29.6. The highest BCUT2D eigenvalue weighted by Crippen LogP contribution is 2.53. The molecule has 0 N–H and O–H groups in total. The summed E-state index contributed by atoms with van der Waals surface area (Å²) in [5, 5.41) is 13.8. The predicted octanol–water partition coefficient (Wildman–Crippen LogP) is 33.7. The predicted molar refractivity (Wildman–Crippen MR) is 538 cm³/mol. The zero-order valence-electron chi connectivity index (χ0n) is 72.5. The van der Waals surface area contributed by atoms with Gasteiger partial charge in [0.1, 0.15) is 0 Å². The van der Waals surface area contributed by atoms with Crippen LogP contribution < -0.4 is 14.7 Å². The molecule has 0 amide bonds. The van der Waals surface area contributed by atoms with Crippen molar-refractivity contribution in [1.82, 2.24) is 13.7 Å². The van der Waals surface area contributed by atoms with Gasteiger partial charge in [-0.25, -0.2) is 0 Å². The fourth-order valence-corrected chi connectivity index (χ4v) is 19.4. The lowest BCUT2D eigenvalue weighted by Crippen LogP contribution is -2.17. The van der Waals surface area contributed by atoms with Crippen LogP contribution in [-0.4, -0.2) is 13.7 Å².